The van der Waals surface area contributed by atoms with Crippen molar-refractivity contribution in [1.29, 1.82) is 0 Å². The predicted molar refractivity (Wildman–Crippen MR) is 117 cm³/mol. The molecular formula is C23H23N5O5. The van der Waals surface area contributed by atoms with Crippen molar-refractivity contribution < 1.29 is 23.6 Å². The van der Waals surface area contributed by atoms with Crippen molar-refractivity contribution in [3.63, 3.8) is 0 Å². The number of carbonyl (C=O) groups is 3. The minimum absolute atomic E-state index is 0.0861. The van der Waals surface area contributed by atoms with Crippen molar-refractivity contribution in [2.75, 3.05) is 24.6 Å². The summed E-state index contributed by atoms with van der Waals surface area (Å²) < 4.78 is 10.3. The van der Waals surface area contributed by atoms with Crippen molar-refractivity contribution in [2.45, 2.75) is 25.7 Å². The lowest BCUT2D eigenvalue weighted by atomic mass is 10.2. The number of esters is 1. The zero-order valence-electron chi connectivity index (χ0n) is 17.9. The molecule has 1 fully saturated rings. The van der Waals surface area contributed by atoms with Gasteiger partial charge < -0.3 is 19.5 Å². The van der Waals surface area contributed by atoms with Gasteiger partial charge in [0, 0.05) is 48.6 Å². The zero-order chi connectivity index (χ0) is 23.0. The van der Waals surface area contributed by atoms with Gasteiger partial charge in [-0.15, -0.1) is 0 Å². The number of nitrogens with one attached hydrogen (secondary N) is 1. The largest absolute Gasteiger partial charge is 0.464 e. The van der Waals surface area contributed by atoms with Crippen LogP contribution >= 0.6 is 0 Å². The quantitative estimate of drug-likeness (QED) is 0.389. The summed E-state index contributed by atoms with van der Waals surface area (Å²) >= 11 is 0. The number of pyridine rings is 1. The number of ether oxygens (including phenoxy) is 1. The molecule has 0 unspecified atom stereocenters. The van der Waals surface area contributed by atoms with Gasteiger partial charge in [0.25, 0.3) is 5.91 Å². The van der Waals surface area contributed by atoms with Crippen LogP contribution in [0.1, 0.15) is 35.5 Å². The van der Waals surface area contributed by atoms with Crippen LogP contribution in [0.2, 0.25) is 0 Å². The molecule has 2 amide bonds. The first-order valence-electron chi connectivity index (χ1n) is 10.7. The highest BCUT2D eigenvalue weighted by Gasteiger charge is 2.21. The molecule has 0 radical (unpaired) electrons. The van der Waals surface area contributed by atoms with Crippen molar-refractivity contribution >= 4 is 23.5 Å². The minimum Gasteiger partial charge on any atom is -0.464 e. The number of aromatic nitrogens is 3. The normalized spacial score (nSPS) is 13.2. The SMILES string of the molecule is O=C(CNC(=O)c1ccc(N2CCCC2=O)cc1)OCCCc1nc(-c2cccnc2)no1. The summed E-state index contributed by atoms with van der Waals surface area (Å²) in [6.07, 6.45) is 5.66. The summed E-state index contributed by atoms with van der Waals surface area (Å²) in [5.74, 6) is 0.0578. The second-order valence-corrected chi connectivity index (χ2v) is 7.46. The fourth-order valence-corrected chi connectivity index (χ4v) is 3.40. The Balaban J connectivity index is 1.15. The van der Waals surface area contributed by atoms with Gasteiger partial charge in [-0.3, -0.25) is 19.4 Å². The molecule has 1 aromatic carbocycles. The summed E-state index contributed by atoms with van der Waals surface area (Å²) in [5.41, 5.74) is 1.93. The molecule has 1 saturated heterocycles. The Morgan fingerprint density at radius 2 is 2.03 bits per heavy atom. The van der Waals surface area contributed by atoms with Crippen LogP contribution in [0, 0.1) is 0 Å². The number of amides is 2. The van der Waals surface area contributed by atoms with E-state index in [0.29, 0.717) is 43.1 Å². The number of benzene rings is 1. The Bertz CT molecular complexity index is 1110. The number of nitrogens with zero attached hydrogens (tertiary/aromatic N) is 4. The number of hydrogen-bond acceptors (Lipinski definition) is 8. The number of carbonyl (C=O) groups excluding carboxylic acids is 3. The Labute approximate surface area is 190 Å². The molecule has 0 atom stereocenters. The Kier molecular flexibility index (Phi) is 7.03. The molecule has 2 aromatic heterocycles. The minimum atomic E-state index is -0.538. The molecular weight excluding hydrogens is 426 g/mol. The third kappa shape index (κ3) is 5.79. The highest BCUT2D eigenvalue weighted by Crippen LogP contribution is 2.21. The molecule has 3 aromatic rings. The van der Waals surface area contributed by atoms with Gasteiger partial charge in [0.1, 0.15) is 6.54 Å². The molecule has 3 heterocycles. The first kappa shape index (κ1) is 22.1. The second kappa shape index (κ2) is 10.5. The van der Waals surface area contributed by atoms with Crippen LogP contribution in [0.4, 0.5) is 5.69 Å². The van der Waals surface area contributed by atoms with Gasteiger partial charge in [-0.25, -0.2) is 0 Å². The van der Waals surface area contributed by atoms with Crippen LogP contribution in [-0.2, 0) is 20.7 Å². The smallest absolute Gasteiger partial charge is 0.325 e. The molecule has 1 N–H and O–H groups in total. The Hall–Kier alpha value is -4.08. The van der Waals surface area contributed by atoms with Gasteiger partial charge in [0.15, 0.2) is 0 Å². The van der Waals surface area contributed by atoms with Crippen molar-refractivity contribution in [1.82, 2.24) is 20.4 Å². The molecule has 0 aliphatic carbocycles. The monoisotopic (exact) mass is 449 g/mol. The molecule has 0 saturated carbocycles. The lowest BCUT2D eigenvalue weighted by Gasteiger charge is -2.15. The molecule has 0 spiro atoms. The van der Waals surface area contributed by atoms with Crippen molar-refractivity contribution in [3.05, 3.63) is 60.2 Å². The second-order valence-electron chi connectivity index (χ2n) is 7.46. The van der Waals surface area contributed by atoms with E-state index in [0.717, 1.165) is 17.7 Å². The third-order valence-corrected chi connectivity index (χ3v) is 5.09. The highest BCUT2D eigenvalue weighted by atomic mass is 16.5. The molecule has 4 rings (SSSR count). The van der Waals surface area contributed by atoms with E-state index < -0.39 is 5.97 Å². The maximum absolute atomic E-state index is 12.2. The van der Waals surface area contributed by atoms with Crippen LogP contribution in [0.5, 0.6) is 0 Å². The van der Waals surface area contributed by atoms with E-state index in [9.17, 15) is 14.4 Å². The van der Waals surface area contributed by atoms with Crippen LogP contribution < -0.4 is 10.2 Å². The number of rotatable bonds is 9. The fourth-order valence-electron chi connectivity index (χ4n) is 3.40. The molecule has 10 nitrogen and oxygen atoms in total. The zero-order valence-corrected chi connectivity index (χ0v) is 17.9. The van der Waals surface area contributed by atoms with E-state index in [1.807, 2.05) is 6.07 Å². The van der Waals surface area contributed by atoms with Gasteiger partial charge in [-0.2, -0.15) is 4.98 Å². The summed E-state index contributed by atoms with van der Waals surface area (Å²) in [6, 6.07) is 10.3. The van der Waals surface area contributed by atoms with Crippen molar-refractivity contribution in [2.24, 2.45) is 0 Å². The van der Waals surface area contributed by atoms with E-state index in [2.05, 4.69) is 20.4 Å². The topological polar surface area (TPSA) is 128 Å². The maximum atomic E-state index is 12.2. The van der Waals surface area contributed by atoms with E-state index >= 15 is 0 Å². The maximum Gasteiger partial charge on any atom is 0.325 e. The van der Waals surface area contributed by atoms with E-state index in [1.165, 1.54) is 0 Å². The summed E-state index contributed by atoms with van der Waals surface area (Å²) in [7, 11) is 0. The highest BCUT2D eigenvalue weighted by molar-refractivity contribution is 5.98. The van der Waals surface area contributed by atoms with Gasteiger partial charge in [-0.1, -0.05) is 5.16 Å². The van der Waals surface area contributed by atoms with E-state index in [1.54, 1.807) is 47.6 Å². The molecule has 33 heavy (non-hydrogen) atoms. The molecule has 0 bridgehead atoms. The lowest BCUT2D eigenvalue weighted by Crippen LogP contribution is -2.31. The van der Waals surface area contributed by atoms with E-state index in [4.69, 9.17) is 9.26 Å². The van der Waals surface area contributed by atoms with Crippen molar-refractivity contribution in [3.8, 4) is 11.4 Å². The van der Waals surface area contributed by atoms with Crippen LogP contribution in [-0.4, -0.2) is 52.6 Å². The summed E-state index contributed by atoms with van der Waals surface area (Å²) in [6.45, 7) is 0.614. The van der Waals surface area contributed by atoms with Gasteiger partial charge in [0.05, 0.1) is 6.61 Å². The first-order chi connectivity index (χ1) is 16.1. The number of hydrogen-bond donors (Lipinski definition) is 1. The van der Waals surface area contributed by atoms with Crippen LogP contribution in [0.25, 0.3) is 11.4 Å². The lowest BCUT2D eigenvalue weighted by molar-refractivity contribution is -0.142. The van der Waals surface area contributed by atoms with Gasteiger partial charge >= 0.3 is 5.97 Å². The Morgan fingerprint density at radius 3 is 2.76 bits per heavy atom. The first-order valence-corrected chi connectivity index (χ1v) is 10.7. The summed E-state index contributed by atoms with van der Waals surface area (Å²) in [5, 5.41) is 6.44. The average molecular weight is 449 g/mol. The fraction of sp³-hybridized carbons (Fsp3) is 0.304. The number of aryl methyl sites for hydroxylation is 1. The van der Waals surface area contributed by atoms with Crippen LogP contribution in [0.3, 0.4) is 0 Å². The summed E-state index contributed by atoms with van der Waals surface area (Å²) in [4.78, 5) is 46.0. The Morgan fingerprint density at radius 1 is 1.18 bits per heavy atom. The average Bonchev–Trinajstić information content (AvgIpc) is 3.50. The standard InChI is InChI=1S/C23H23N5O5/c29-20-6-2-12-28(20)18-9-7-16(8-10-18)23(31)25-15-21(30)32-13-3-5-19-26-22(27-33-19)17-4-1-11-24-14-17/h1,4,7-11,14H,2-3,5-6,12-13,15H2,(H,25,31). The molecule has 10 heteroatoms. The van der Waals surface area contributed by atoms with Gasteiger partial charge in [0.2, 0.25) is 17.6 Å². The molecule has 1 aliphatic rings. The third-order valence-electron chi connectivity index (χ3n) is 5.09. The molecule has 170 valence electrons. The number of anilines is 1. The van der Waals surface area contributed by atoms with E-state index in [-0.39, 0.29) is 25.0 Å². The molecule has 1 aliphatic heterocycles. The predicted octanol–water partition coefficient (Wildman–Crippen LogP) is 2.16. The van der Waals surface area contributed by atoms with Crippen LogP contribution in [0.15, 0.2) is 53.3 Å². The van der Waals surface area contributed by atoms with Gasteiger partial charge in [-0.05, 0) is 49.2 Å².